The van der Waals surface area contributed by atoms with Crippen molar-refractivity contribution in [1.29, 1.82) is 0 Å². The lowest BCUT2D eigenvalue weighted by atomic mass is 9.98. The molecule has 21 heavy (non-hydrogen) atoms. The Hall–Kier alpha value is -1.87. The lowest BCUT2D eigenvalue weighted by Crippen LogP contribution is -1.98. The summed E-state index contributed by atoms with van der Waals surface area (Å²) < 4.78 is 5.82. The predicted molar refractivity (Wildman–Crippen MR) is 84.8 cm³/mol. The van der Waals surface area contributed by atoms with Crippen molar-refractivity contribution < 1.29 is 9.84 Å². The minimum Gasteiger partial charge on any atom is -0.456 e. The highest BCUT2D eigenvalue weighted by Gasteiger charge is 2.08. The maximum atomic E-state index is 9.73. The molecule has 0 saturated carbocycles. The Bertz CT molecular complexity index is 591. The molecule has 0 spiro atoms. The van der Waals surface area contributed by atoms with E-state index < -0.39 is 6.10 Å². The van der Waals surface area contributed by atoms with Crippen LogP contribution in [0.3, 0.4) is 0 Å². The molecule has 0 amide bonds. The first-order valence-electron chi connectivity index (χ1n) is 7.43. The Kier molecular flexibility index (Phi) is 4.97. The molecule has 0 aliphatic carbocycles. The van der Waals surface area contributed by atoms with Crippen LogP contribution in [0.25, 0.3) is 0 Å². The van der Waals surface area contributed by atoms with Crippen molar-refractivity contribution in [3.05, 3.63) is 53.3 Å². The third-order valence-corrected chi connectivity index (χ3v) is 3.59. The summed E-state index contributed by atoms with van der Waals surface area (Å²) in [7, 11) is 0. The van der Waals surface area contributed by atoms with E-state index >= 15 is 0 Å². The summed E-state index contributed by atoms with van der Waals surface area (Å²) in [6.45, 7) is 8.39. The quantitative estimate of drug-likeness (QED) is 0.862. The van der Waals surface area contributed by atoms with Crippen LogP contribution in [0.4, 0.5) is 0 Å². The third-order valence-electron chi connectivity index (χ3n) is 3.59. The summed E-state index contributed by atoms with van der Waals surface area (Å²) in [4.78, 5) is 4.24. The highest BCUT2D eigenvalue weighted by Crippen LogP contribution is 2.27. The van der Waals surface area contributed by atoms with Gasteiger partial charge in [0.25, 0.3) is 0 Å². The zero-order chi connectivity index (χ0) is 15.4. The molecular weight excluding hydrogens is 262 g/mol. The Labute approximate surface area is 126 Å². The molecule has 0 aliphatic heterocycles. The molecule has 2 rings (SSSR count). The number of benzene rings is 1. The summed E-state index contributed by atoms with van der Waals surface area (Å²) in [5, 5.41) is 9.73. The number of ether oxygens (including phenoxy) is 1. The summed E-state index contributed by atoms with van der Waals surface area (Å²) in [5.41, 5.74) is 3.24. The monoisotopic (exact) mass is 285 g/mol. The largest absolute Gasteiger partial charge is 0.456 e. The highest BCUT2D eigenvalue weighted by molar-refractivity contribution is 5.38. The maximum absolute atomic E-state index is 9.73. The minimum atomic E-state index is -0.508. The van der Waals surface area contributed by atoms with E-state index in [-0.39, 0.29) is 0 Å². The predicted octanol–water partition coefficient (Wildman–Crippen LogP) is 4.75. The zero-order valence-corrected chi connectivity index (χ0v) is 13.1. The number of hydrogen-bond acceptors (Lipinski definition) is 3. The van der Waals surface area contributed by atoms with Crippen molar-refractivity contribution in [3.63, 3.8) is 0 Å². The number of hydrogen-bond donors (Lipinski definition) is 1. The van der Waals surface area contributed by atoms with E-state index in [4.69, 9.17) is 4.74 Å². The van der Waals surface area contributed by atoms with Crippen molar-refractivity contribution in [2.75, 3.05) is 0 Å². The molecule has 1 aromatic carbocycles. The van der Waals surface area contributed by atoms with E-state index in [1.54, 1.807) is 12.3 Å². The van der Waals surface area contributed by atoms with Gasteiger partial charge >= 0.3 is 0 Å². The number of aryl methyl sites for hydroxylation is 1. The number of nitrogens with zero attached hydrogens (tertiary/aromatic N) is 1. The molecule has 3 heteroatoms. The molecule has 2 aromatic rings. The first-order chi connectivity index (χ1) is 10.0. The van der Waals surface area contributed by atoms with Crippen molar-refractivity contribution in [2.45, 2.75) is 46.1 Å². The Morgan fingerprint density at radius 1 is 1.14 bits per heavy atom. The lowest BCUT2D eigenvalue weighted by Gasteiger charge is -2.13. The number of rotatable bonds is 5. The first-order valence-corrected chi connectivity index (χ1v) is 7.43. The number of pyridine rings is 1. The average molecular weight is 285 g/mol. The highest BCUT2D eigenvalue weighted by atomic mass is 16.5. The van der Waals surface area contributed by atoms with Crippen LogP contribution >= 0.6 is 0 Å². The van der Waals surface area contributed by atoms with Gasteiger partial charge in [0.15, 0.2) is 0 Å². The molecule has 1 N–H and O–H groups in total. The Balaban J connectivity index is 2.13. The van der Waals surface area contributed by atoms with Crippen molar-refractivity contribution >= 4 is 0 Å². The van der Waals surface area contributed by atoms with E-state index in [9.17, 15) is 5.11 Å². The van der Waals surface area contributed by atoms with E-state index in [0.717, 1.165) is 5.75 Å². The number of aromatic nitrogens is 1. The summed E-state index contributed by atoms with van der Waals surface area (Å²) in [5.74, 6) is 2.00. The molecule has 0 bridgehead atoms. The van der Waals surface area contributed by atoms with Crippen molar-refractivity contribution in [1.82, 2.24) is 4.98 Å². The van der Waals surface area contributed by atoms with Gasteiger partial charge < -0.3 is 9.84 Å². The molecule has 3 nitrogen and oxygen atoms in total. The molecule has 1 heterocycles. The maximum Gasteiger partial charge on any atom is 0.145 e. The van der Waals surface area contributed by atoms with Gasteiger partial charge in [-0.15, -0.1) is 0 Å². The van der Waals surface area contributed by atoms with Crippen LogP contribution in [0.2, 0.25) is 0 Å². The third kappa shape index (κ3) is 3.82. The Morgan fingerprint density at radius 3 is 2.38 bits per heavy atom. The molecule has 1 atom stereocenters. The van der Waals surface area contributed by atoms with Gasteiger partial charge in [-0.25, -0.2) is 0 Å². The normalized spacial score (nSPS) is 12.5. The van der Waals surface area contributed by atoms with Gasteiger partial charge in [0.05, 0.1) is 18.0 Å². The second kappa shape index (κ2) is 6.72. The smallest absolute Gasteiger partial charge is 0.145 e. The molecule has 0 radical (unpaired) electrons. The lowest BCUT2D eigenvalue weighted by molar-refractivity contribution is 0.169. The molecule has 0 aliphatic rings. The van der Waals surface area contributed by atoms with Gasteiger partial charge in [-0.2, -0.15) is 0 Å². The fourth-order valence-electron chi connectivity index (χ4n) is 2.35. The van der Waals surface area contributed by atoms with E-state index in [1.165, 1.54) is 11.1 Å². The van der Waals surface area contributed by atoms with Crippen molar-refractivity contribution in [3.8, 4) is 11.5 Å². The standard InChI is InChI=1S/C18H23NO2/c1-5-18(20)17-9-7-15(11-19-17)21-14-6-8-16(12(2)3)13(4)10-14/h6-12,18,20H,5H2,1-4H3. The molecule has 0 fully saturated rings. The van der Waals surface area contributed by atoms with Crippen LogP contribution < -0.4 is 4.74 Å². The average Bonchev–Trinajstić information content (AvgIpc) is 2.47. The fraction of sp³-hybridized carbons (Fsp3) is 0.389. The molecule has 1 unspecified atom stereocenters. The summed E-state index contributed by atoms with van der Waals surface area (Å²) in [6.07, 6.45) is 1.80. The van der Waals surface area contributed by atoms with E-state index in [0.29, 0.717) is 23.8 Å². The van der Waals surface area contributed by atoms with Gasteiger partial charge in [0.1, 0.15) is 11.5 Å². The molecule has 0 saturated heterocycles. The second-order valence-corrected chi connectivity index (χ2v) is 5.62. The minimum absolute atomic E-state index is 0.508. The summed E-state index contributed by atoms with van der Waals surface area (Å²) in [6, 6.07) is 9.78. The molecule has 1 aromatic heterocycles. The fourth-order valence-corrected chi connectivity index (χ4v) is 2.35. The molecular formula is C18H23NO2. The van der Waals surface area contributed by atoms with Crippen molar-refractivity contribution in [2.24, 2.45) is 0 Å². The topological polar surface area (TPSA) is 42.4 Å². The number of aliphatic hydroxyl groups is 1. The van der Waals surface area contributed by atoms with Crippen LogP contribution in [0.5, 0.6) is 11.5 Å². The van der Waals surface area contributed by atoms with Crippen LogP contribution in [-0.2, 0) is 0 Å². The number of aliphatic hydroxyl groups excluding tert-OH is 1. The zero-order valence-electron chi connectivity index (χ0n) is 13.1. The van der Waals surface area contributed by atoms with Crippen LogP contribution in [0, 0.1) is 6.92 Å². The van der Waals surface area contributed by atoms with Gasteiger partial charge in [-0.05, 0) is 54.7 Å². The van der Waals surface area contributed by atoms with Crippen LogP contribution in [0.1, 0.15) is 56.0 Å². The van der Waals surface area contributed by atoms with E-state index in [2.05, 4.69) is 31.8 Å². The van der Waals surface area contributed by atoms with E-state index in [1.807, 2.05) is 25.1 Å². The summed E-state index contributed by atoms with van der Waals surface area (Å²) >= 11 is 0. The van der Waals surface area contributed by atoms with Gasteiger partial charge in [0, 0.05) is 0 Å². The SMILES string of the molecule is CCC(O)c1ccc(Oc2ccc(C(C)C)c(C)c2)cn1. The van der Waals surface area contributed by atoms with Gasteiger partial charge in [-0.1, -0.05) is 26.8 Å². The second-order valence-electron chi connectivity index (χ2n) is 5.62. The first kappa shape index (κ1) is 15.5. The Morgan fingerprint density at radius 2 is 1.86 bits per heavy atom. The van der Waals surface area contributed by atoms with Gasteiger partial charge in [-0.3, -0.25) is 4.98 Å². The van der Waals surface area contributed by atoms with Crippen LogP contribution in [-0.4, -0.2) is 10.1 Å². The molecule has 112 valence electrons. The van der Waals surface area contributed by atoms with Crippen LogP contribution in [0.15, 0.2) is 36.5 Å². The van der Waals surface area contributed by atoms with Gasteiger partial charge in [0.2, 0.25) is 0 Å².